The summed E-state index contributed by atoms with van der Waals surface area (Å²) < 4.78 is 25.2. The number of rotatable bonds is 6. The Labute approximate surface area is 198 Å². The molecule has 4 rings (SSSR count). The number of nitrogens with zero attached hydrogens (tertiary/aromatic N) is 4. The third-order valence-electron chi connectivity index (χ3n) is 5.54. The van der Waals surface area contributed by atoms with Crippen LogP contribution in [0, 0.1) is 15.9 Å². The molecule has 3 heterocycles. The van der Waals surface area contributed by atoms with E-state index in [9.17, 15) is 24.5 Å². The number of benzene rings is 1. The van der Waals surface area contributed by atoms with Gasteiger partial charge in [-0.25, -0.2) is 14.6 Å². The summed E-state index contributed by atoms with van der Waals surface area (Å²) in [5.41, 5.74) is 3.53. The molecule has 0 bridgehead atoms. The van der Waals surface area contributed by atoms with Gasteiger partial charge >= 0.3 is 17.9 Å². The van der Waals surface area contributed by atoms with Gasteiger partial charge in [0.1, 0.15) is 16.8 Å². The molecule has 186 valence electrons. The largest absolute Gasteiger partial charge is 0.442 e. The van der Waals surface area contributed by atoms with Crippen molar-refractivity contribution in [3.63, 3.8) is 0 Å². The fourth-order valence-corrected chi connectivity index (χ4v) is 3.84. The number of cyclic esters (lactones) is 1. The van der Waals surface area contributed by atoms with Crippen molar-refractivity contribution in [2.75, 3.05) is 49.1 Å². The van der Waals surface area contributed by atoms with E-state index in [-0.39, 0.29) is 37.8 Å². The van der Waals surface area contributed by atoms with Crippen molar-refractivity contribution in [3.05, 3.63) is 52.0 Å². The molecule has 1 aromatic carbocycles. The first-order chi connectivity index (χ1) is 16.7. The standard InChI is InChI=1S/C21H23FN6O7/c1-13(29)23-11-15-12-26(21(31)34-15)14-2-3-17(16(22)10-14)25-7-6-24-27(9-8-25)20(30)18-4-5-19(35-18)28(32)33/h2-5,10,15,24H,6-9,11-12H2,1H3,(H,23,29). The molecular formula is C21H23FN6O7. The molecule has 2 N–H and O–H groups in total. The minimum absolute atomic E-state index is 0.164. The number of amides is 3. The van der Waals surface area contributed by atoms with Crippen molar-refractivity contribution >= 4 is 35.2 Å². The molecule has 2 aromatic rings. The van der Waals surface area contributed by atoms with E-state index in [0.717, 1.165) is 6.07 Å². The van der Waals surface area contributed by atoms with E-state index in [1.807, 2.05) is 0 Å². The first-order valence-electron chi connectivity index (χ1n) is 10.8. The van der Waals surface area contributed by atoms with Crippen LogP contribution in [0.4, 0.5) is 26.4 Å². The average Bonchev–Trinajstić information content (AvgIpc) is 3.38. The smallest absolute Gasteiger partial charge is 0.433 e. The third kappa shape index (κ3) is 5.32. The van der Waals surface area contributed by atoms with Crippen LogP contribution in [0.5, 0.6) is 0 Å². The van der Waals surface area contributed by atoms with Crippen molar-refractivity contribution in [2.45, 2.75) is 13.0 Å². The number of carbonyl (C=O) groups is 3. The summed E-state index contributed by atoms with van der Waals surface area (Å²) in [6, 6.07) is 6.72. The molecule has 0 aliphatic carbocycles. The Balaban J connectivity index is 1.40. The van der Waals surface area contributed by atoms with Crippen LogP contribution in [0.1, 0.15) is 17.5 Å². The molecule has 14 heteroatoms. The predicted molar refractivity (Wildman–Crippen MR) is 119 cm³/mol. The highest BCUT2D eigenvalue weighted by atomic mass is 19.1. The van der Waals surface area contributed by atoms with E-state index in [2.05, 4.69) is 10.7 Å². The number of carbonyl (C=O) groups excluding carboxylic acids is 3. The molecule has 1 atom stereocenters. The maximum atomic E-state index is 15.0. The maximum Gasteiger partial charge on any atom is 0.433 e. The summed E-state index contributed by atoms with van der Waals surface area (Å²) in [4.78, 5) is 49.0. The van der Waals surface area contributed by atoms with E-state index in [4.69, 9.17) is 9.15 Å². The number of nitrogens with one attached hydrogen (secondary N) is 2. The van der Waals surface area contributed by atoms with Crippen LogP contribution in [0.3, 0.4) is 0 Å². The summed E-state index contributed by atoms with van der Waals surface area (Å²) >= 11 is 0. The molecule has 35 heavy (non-hydrogen) atoms. The molecule has 0 radical (unpaired) electrons. The van der Waals surface area contributed by atoms with Gasteiger partial charge in [0.05, 0.1) is 37.1 Å². The fourth-order valence-electron chi connectivity index (χ4n) is 3.84. The van der Waals surface area contributed by atoms with Crippen LogP contribution in [-0.4, -0.2) is 73.2 Å². The Morgan fingerprint density at radius 3 is 2.74 bits per heavy atom. The lowest BCUT2D eigenvalue weighted by molar-refractivity contribution is -0.402. The number of nitro groups is 1. The van der Waals surface area contributed by atoms with E-state index in [1.54, 1.807) is 17.0 Å². The molecule has 1 aromatic heterocycles. The van der Waals surface area contributed by atoms with Crippen LogP contribution < -0.4 is 20.5 Å². The molecule has 3 amide bonds. The molecule has 2 fully saturated rings. The number of hydrazine groups is 1. The molecule has 0 saturated carbocycles. The van der Waals surface area contributed by atoms with E-state index >= 15 is 4.39 Å². The minimum Gasteiger partial charge on any atom is -0.442 e. The maximum absolute atomic E-state index is 15.0. The highest BCUT2D eigenvalue weighted by Crippen LogP contribution is 2.28. The molecule has 2 saturated heterocycles. The van der Waals surface area contributed by atoms with Gasteiger partial charge in [-0.3, -0.25) is 29.6 Å². The van der Waals surface area contributed by atoms with Crippen molar-refractivity contribution in [1.82, 2.24) is 15.8 Å². The van der Waals surface area contributed by atoms with Gasteiger partial charge in [0.15, 0.2) is 0 Å². The van der Waals surface area contributed by atoms with Crippen molar-refractivity contribution in [3.8, 4) is 0 Å². The van der Waals surface area contributed by atoms with Gasteiger partial charge in [0.25, 0.3) is 0 Å². The summed E-state index contributed by atoms with van der Waals surface area (Å²) in [5, 5.41) is 14.6. The zero-order valence-corrected chi connectivity index (χ0v) is 18.7. The number of hydrogen-bond donors (Lipinski definition) is 2. The quantitative estimate of drug-likeness (QED) is 0.450. The second-order valence-corrected chi connectivity index (χ2v) is 7.94. The second-order valence-electron chi connectivity index (χ2n) is 7.94. The lowest BCUT2D eigenvalue weighted by Crippen LogP contribution is -2.43. The van der Waals surface area contributed by atoms with Gasteiger partial charge in [-0.1, -0.05) is 0 Å². The summed E-state index contributed by atoms with van der Waals surface area (Å²) in [5.74, 6) is -2.08. The lowest BCUT2D eigenvalue weighted by Gasteiger charge is -2.24. The molecule has 2 aliphatic rings. The first kappa shape index (κ1) is 23.9. The van der Waals surface area contributed by atoms with Gasteiger partial charge in [-0.2, -0.15) is 0 Å². The fraction of sp³-hybridized carbons (Fsp3) is 0.381. The highest BCUT2D eigenvalue weighted by Gasteiger charge is 2.33. The van der Waals surface area contributed by atoms with Gasteiger partial charge in [0.2, 0.25) is 11.7 Å². The summed E-state index contributed by atoms with van der Waals surface area (Å²) in [6.07, 6.45) is -1.16. The Hall–Kier alpha value is -4.20. The van der Waals surface area contributed by atoms with E-state index in [1.165, 1.54) is 29.0 Å². The van der Waals surface area contributed by atoms with Crippen molar-refractivity contribution in [1.29, 1.82) is 0 Å². The van der Waals surface area contributed by atoms with E-state index < -0.39 is 34.7 Å². The zero-order valence-electron chi connectivity index (χ0n) is 18.7. The molecule has 0 spiro atoms. The second kappa shape index (κ2) is 9.97. The van der Waals surface area contributed by atoms with Gasteiger partial charge in [-0.15, -0.1) is 0 Å². The average molecular weight is 490 g/mol. The molecule has 1 unspecified atom stereocenters. The van der Waals surface area contributed by atoms with Crippen molar-refractivity contribution < 1.29 is 32.9 Å². The van der Waals surface area contributed by atoms with Crippen LogP contribution in [0.25, 0.3) is 0 Å². The van der Waals surface area contributed by atoms with Crippen LogP contribution >= 0.6 is 0 Å². The van der Waals surface area contributed by atoms with Gasteiger partial charge in [0, 0.05) is 26.6 Å². The SMILES string of the molecule is CC(=O)NCC1CN(c2ccc(N3CCNN(C(=O)c4ccc([N+](=O)[O-])o4)CC3)c(F)c2)C(=O)O1. The number of ether oxygens (including phenoxy) is 1. The minimum atomic E-state index is -0.730. The van der Waals surface area contributed by atoms with Crippen LogP contribution in [0.2, 0.25) is 0 Å². The number of anilines is 2. The molecule has 2 aliphatic heterocycles. The summed E-state index contributed by atoms with van der Waals surface area (Å²) in [7, 11) is 0. The predicted octanol–water partition coefficient (Wildman–Crippen LogP) is 1.26. The van der Waals surface area contributed by atoms with Gasteiger partial charge < -0.3 is 19.4 Å². The Morgan fingerprint density at radius 2 is 2.06 bits per heavy atom. The zero-order chi connectivity index (χ0) is 25.1. The van der Waals surface area contributed by atoms with Gasteiger partial charge in [-0.05, 0) is 24.3 Å². The van der Waals surface area contributed by atoms with Crippen molar-refractivity contribution in [2.24, 2.45) is 0 Å². The topological polar surface area (TPSA) is 151 Å². The monoisotopic (exact) mass is 490 g/mol. The lowest BCUT2D eigenvalue weighted by atomic mass is 10.2. The Kier molecular flexibility index (Phi) is 6.82. The van der Waals surface area contributed by atoms with Crippen LogP contribution in [0.15, 0.2) is 34.7 Å². The summed E-state index contributed by atoms with van der Waals surface area (Å²) in [6.45, 7) is 2.83. The number of hydrogen-bond acceptors (Lipinski definition) is 9. The first-order valence-corrected chi connectivity index (χ1v) is 10.8. The highest BCUT2D eigenvalue weighted by molar-refractivity contribution is 5.91. The molecule has 13 nitrogen and oxygen atoms in total. The van der Waals surface area contributed by atoms with E-state index in [0.29, 0.717) is 24.5 Å². The normalized spacial score (nSPS) is 18.3. The Morgan fingerprint density at radius 1 is 1.26 bits per heavy atom. The molecular weight excluding hydrogens is 467 g/mol. The third-order valence-corrected chi connectivity index (χ3v) is 5.54. The number of halogens is 1. The van der Waals surface area contributed by atoms with Crippen LogP contribution in [-0.2, 0) is 9.53 Å². The Bertz CT molecular complexity index is 1150. The number of furan rings is 1.